The summed E-state index contributed by atoms with van der Waals surface area (Å²) in [6.07, 6.45) is -3.60. The molecule has 3 N–H and O–H groups in total. The second-order valence-electron chi connectivity index (χ2n) is 2.13. The van der Waals surface area contributed by atoms with E-state index in [0.29, 0.717) is 0 Å². The number of carbonyl (C=O) groups excluding carboxylic acids is 1. The Labute approximate surface area is 74.1 Å². The van der Waals surface area contributed by atoms with Crippen LogP contribution in [0, 0.1) is 0 Å². The van der Waals surface area contributed by atoms with Gasteiger partial charge in [0.05, 0.1) is 6.54 Å². The summed E-state index contributed by atoms with van der Waals surface area (Å²) in [5.74, 6) is 0. The van der Waals surface area contributed by atoms with E-state index in [9.17, 15) is 14.0 Å². The highest BCUT2D eigenvalue weighted by molar-refractivity contribution is 5.66. The molecule has 1 atom stereocenters. The van der Waals surface area contributed by atoms with Crippen LogP contribution < -0.4 is 10.6 Å². The molecule has 0 aromatic carbocycles. The molecule has 0 aromatic rings. The molecule has 0 unspecified atom stereocenters. The zero-order valence-electron chi connectivity index (χ0n) is 7.04. The second-order valence-corrected chi connectivity index (χ2v) is 2.13. The minimum Gasteiger partial charge on any atom is -0.465 e. The van der Waals surface area contributed by atoms with Crippen molar-refractivity contribution in [2.24, 2.45) is 0 Å². The predicted molar refractivity (Wildman–Crippen MR) is 41.3 cm³/mol. The van der Waals surface area contributed by atoms with E-state index in [-0.39, 0.29) is 0 Å². The summed E-state index contributed by atoms with van der Waals surface area (Å²) >= 11 is 0. The topological polar surface area (TPSA) is 87.7 Å². The van der Waals surface area contributed by atoms with E-state index in [1.807, 2.05) is 5.32 Å². The van der Waals surface area contributed by atoms with Crippen molar-refractivity contribution in [1.82, 2.24) is 10.6 Å². The molecule has 0 rings (SSSR count). The summed E-state index contributed by atoms with van der Waals surface area (Å²) in [5, 5.41) is 12.0. The molecule has 0 fully saturated rings. The van der Waals surface area contributed by atoms with E-state index in [0.717, 1.165) is 0 Å². The van der Waals surface area contributed by atoms with E-state index in [4.69, 9.17) is 5.11 Å². The van der Waals surface area contributed by atoms with Crippen molar-refractivity contribution in [3.63, 3.8) is 0 Å². The normalized spacial score (nSPS) is 11.5. The zero-order valence-corrected chi connectivity index (χ0v) is 7.04. The van der Waals surface area contributed by atoms with Gasteiger partial charge in [-0.1, -0.05) is 0 Å². The van der Waals surface area contributed by atoms with Gasteiger partial charge in [0.2, 0.25) is 0 Å². The third-order valence-corrected chi connectivity index (χ3v) is 1.07. The van der Waals surface area contributed by atoms with Gasteiger partial charge < -0.3 is 20.5 Å². The molecule has 0 spiro atoms. The fourth-order valence-electron chi connectivity index (χ4n) is 0.495. The van der Waals surface area contributed by atoms with E-state index < -0.39 is 31.5 Å². The first-order chi connectivity index (χ1) is 6.06. The van der Waals surface area contributed by atoms with Crippen molar-refractivity contribution in [2.75, 3.05) is 20.2 Å². The monoisotopic (exact) mass is 194 g/mol. The van der Waals surface area contributed by atoms with Crippen LogP contribution in [0.4, 0.5) is 14.0 Å². The lowest BCUT2D eigenvalue weighted by Gasteiger charge is -2.08. The lowest BCUT2D eigenvalue weighted by atomic mass is 10.4. The number of halogens is 1. The molecule has 0 aliphatic carbocycles. The highest BCUT2D eigenvalue weighted by atomic mass is 19.1. The maximum Gasteiger partial charge on any atom is 0.406 e. The molecule has 0 heterocycles. The van der Waals surface area contributed by atoms with E-state index >= 15 is 0 Å². The highest BCUT2D eigenvalue weighted by Gasteiger charge is 2.10. The van der Waals surface area contributed by atoms with Gasteiger partial charge >= 0.3 is 12.2 Å². The van der Waals surface area contributed by atoms with Crippen LogP contribution in [0.3, 0.4) is 0 Å². The number of alkyl halides is 1. The van der Waals surface area contributed by atoms with Gasteiger partial charge in [0.15, 0.2) is 6.17 Å². The Bertz CT molecular complexity index is 187. The fourth-order valence-corrected chi connectivity index (χ4v) is 0.495. The maximum atomic E-state index is 12.6. The molecule has 0 radical (unpaired) electrons. The fraction of sp³-hybridized carbons (Fsp3) is 0.667. The minimum absolute atomic E-state index is 0.397. The number of ether oxygens (including phenoxy) is 1. The van der Waals surface area contributed by atoms with Gasteiger partial charge in [-0.2, -0.15) is 0 Å². The number of rotatable bonds is 4. The molecule has 0 saturated heterocycles. The lowest BCUT2D eigenvalue weighted by molar-refractivity contribution is 0.112. The molecule has 0 saturated carbocycles. The van der Waals surface area contributed by atoms with Crippen molar-refractivity contribution in [3.8, 4) is 0 Å². The van der Waals surface area contributed by atoms with E-state index in [2.05, 4.69) is 10.1 Å². The quantitative estimate of drug-likeness (QED) is 0.585. The van der Waals surface area contributed by atoms with Crippen LogP contribution in [-0.4, -0.2) is 43.7 Å². The van der Waals surface area contributed by atoms with Crippen molar-refractivity contribution in [1.29, 1.82) is 0 Å². The molecule has 2 amide bonds. The van der Waals surface area contributed by atoms with E-state index in [1.54, 1.807) is 0 Å². The molecule has 0 aromatic heterocycles. The summed E-state index contributed by atoms with van der Waals surface area (Å²) in [4.78, 5) is 20.3. The summed E-state index contributed by atoms with van der Waals surface area (Å²) in [5.41, 5.74) is 0. The minimum atomic E-state index is -1.53. The summed E-state index contributed by atoms with van der Waals surface area (Å²) < 4.78 is 17.0. The van der Waals surface area contributed by atoms with Crippen LogP contribution in [-0.2, 0) is 4.74 Å². The Morgan fingerprint density at radius 3 is 2.69 bits per heavy atom. The standard InChI is InChI=1S/C6H11FN2O4/c1-8-6(12)13-3-4(7)2-9-5(10)11/h4,9H,2-3H2,1H3,(H,8,12)(H,10,11)/t4-/m1/s1. The van der Waals surface area contributed by atoms with Gasteiger partial charge in [0.25, 0.3) is 0 Å². The van der Waals surface area contributed by atoms with Crippen LogP contribution in [0.2, 0.25) is 0 Å². The molecule has 13 heavy (non-hydrogen) atoms. The Morgan fingerprint density at radius 2 is 2.23 bits per heavy atom. The molecule has 0 bridgehead atoms. The first kappa shape index (κ1) is 11.5. The van der Waals surface area contributed by atoms with E-state index in [1.165, 1.54) is 7.05 Å². The molecule has 0 aliphatic rings. The van der Waals surface area contributed by atoms with Crippen LogP contribution in [0.15, 0.2) is 0 Å². The van der Waals surface area contributed by atoms with Gasteiger partial charge in [-0.05, 0) is 0 Å². The zero-order chi connectivity index (χ0) is 10.3. The number of carbonyl (C=O) groups is 2. The third-order valence-electron chi connectivity index (χ3n) is 1.07. The van der Waals surface area contributed by atoms with Crippen molar-refractivity contribution < 1.29 is 23.8 Å². The SMILES string of the molecule is CNC(=O)OC[C@H](F)CNC(=O)O. The first-order valence-electron chi connectivity index (χ1n) is 3.51. The molecular weight excluding hydrogens is 183 g/mol. The number of carboxylic acid groups (broad SMARTS) is 1. The maximum absolute atomic E-state index is 12.6. The largest absolute Gasteiger partial charge is 0.465 e. The smallest absolute Gasteiger partial charge is 0.406 e. The summed E-state index contributed by atoms with van der Waals surface area (Å²) in [7, 11) is 1.34. The molecule has 0 aliphatic heterocycles. The summed E-state index contributed by atoms with van der Waals surface area (Å²) in [6.45, 7) is -0.869. The molecule has 7 heteroatoms. The highest BCUT2D eigenvalue weighted by Crippen LogP contribution is 1.90. The van der Waals surface area contributed by atoms with Gasteiger partial charge in [0, 0.05) is 7.05 Å². The van der Waals surface area contributed by atoms with Crippen molar-refractivity contribution in [3.05, 3.63) is 0 Å². The number of alkyl carbamates (subject to hydrolysis) is 1. The number of amides is 2. The second kappa shape index (κ2) is 6.04. The van der Waals surface area contributed by atoms with Gasteiger partial charge in [-0.15, -0.1) is 0 Å². The van der Waals surface area contributed by atoms with Gasteiger partial charge in [-0.3, -0.25) is 0 Å². The number of nitrogens with one attached hydrogen (secondary N) is 2. The Hall–Kier alpha value is -1.53. The average molecular weight is 194 g/mol. The lowest BCUT2D eigenvalue weighted by Crippen LogP contribution is -2.32. The Morgan fingerprint density at radius 1 is 1.62 bits per heavy atom. The Kier molecular flexibility index (Phi) is 5.33. The predicted octanol–water partition coefficient (Wildman–Crippen LogP) is -0.0519. The number of hydrogen-bond acceptors (Lipinski definition) is 3. The summed E-state index contributed by atoms with van der Waals surface area (Å²) in [6, 6.07) is 0. The van der Waals surface area contributed by atoms with Crippen molar-refractivity contribution in [2.45, 2.75) is 6.17 Å². The van der Waals surface area contributed by atoms with Gasteiger partial charge in [0.1, 0.15) is 6.61 Å². The Balaban J connectivity index is 3.45. The van der Waals surface area contributed by atoms with Crippen molar-refractivity contribution >= 4 is 12.2 Å². The van der Waals surface area contributed by atoms with Crippen LogP contribution in [0.1, 0.15) is 0 Å². The third kappa shape index (κ3) is 6.85. The molecule has 76 valence electrons. The average Bonchev–Trinajstić information content (AvgIpc) is 2.10. The van der Waals surface area contributed by atoms with Crippen LogP contribution in [0.25, 0.3) is 0 Å². The molecular formula is C6H11FN2O4. The molecule has 6 nitrogen and oxygen atoms in total. The number of hydrogen-bond donors (Lipinski definition) is 3. The van der Waals surface area contributed by atoms with Gasteiger partial charge in [-0.25, -0.2) is 14.0 Å². The van der Waals surface area contributed by atoms with Crippen LogP contribution >= 0.6 is 0 Å². The first-order valence-corrected chi connectivity index (χ1v) is 3.51. The van der Waals surface area contributed by atoms with Crippen LogP contribution in [0.5, 0.6) is 0 Å².